The minimum atomic E-state index is -3.66. The second-order valence-corrected chi connectivity index (χ2v) is 11.9. The zero-order chi connectivity index (χ0) is 25.9. The maximum absolute atomic E-state index is 13.2. The summed E-state index contributed by atoms with van der Waals surface area (Å²) in [6, 6.07) is 20.1. The number of hydrogen-bond acceptors (Lipinski definition) is 4. The maximum Gasteiger partial charge on any atom is 0.264 e. The molecule has 1 N–H and O–H groups in total. The number of aryl methyl sites for hydroxylation is 2. The Morgan fingerprint density at radius 2 is 1.75 bits per heavy atom. The highest BCUT2D eigenvalue weighted by molar-refractivity contribution is 7.92. The van der Waals surface area contributed by atoms with Gasteiger partial charge in [-0.25, -0.2) is 8.42 Å². The number of para-hydroxylation sites is 1. The molecule has 0 atom stereocenters. The third-order valence-corrected chi connectivity index (χ3v) is 8.53. The Morgan fingerprint density at radius 3 is 2.50 bits per heavy atom. The molecule has 0 radical (unpaired) electrons. The highest BCUT2D eigenvalue weighted by atomic mass is 32.2. The summed E-state index contributed by atoms with van der Waals surface area (Å²) in [6.45, 7) is 8.84. The molecule has 1 amide bonds. The Balaban J connectivity index is 1.33. The molecule has 0 saturated heterocycles. The van der Waals surface area contributed by atoms with Crippen molar-refractivity contribution >= 4 is 27.3 Å². The first-order valence-electron chi connectivity index (χ1n) is 12.3. The minimum absolute atomic E-state index is 0.113. The van der Waals surface area contributed by atoms with E-state index in [0.717, 1.165) is 34.5 Å². The minimum Gasteiger partial charge on any atom is -0.493 e. The normalized spacial score (nSPS) is 13.4. The topological polar surface area (TPSA) is 75.7 Å². The molecule has 7 heteroatoms. The number of fused-ring (bicyclic) bond motifs is 1. The summed E-state index contributed by atoms with van der Waals surface area (Å²) in [6.07, 6.45) is 2.10. The first-order valence-corrected chi connectivity index (χ1v) is 13.7. The molecular weight excluding hydrogens is 472 g/mol. The van der Waals surface area contributed by atoms with Crippen LogP contribution in [-0.4, -0.2) is 27.5 Å². The van der Waals surface area contributed by atoms with E-state index in [1.807, 2.05) is 64.1 Å². The Hall–Kier alpha value is -3.32. The summed E-state index contributed by atoms with van der Waals surface area (Å²) >= 11 is 0. The van der Waals surface area contributed by atoms with E-state index in [2.05, 4.69) is 11.4 Å². The van der Waals surface area contributed by atoms with Crippen molar-refractivity contribution in [1.82, 2.24) is 0 Å². The molecule has 1 aliphatic rings. The van der Waals surface area contributed by atoms with Crippen LogP contribution in [0.5, 0.6) is 5.75 Å². The molecule has 1 heterocycles. The lowest BCUT2D eigenvalue weighted by Crippen LogP contribution is -2.31. The number of amides is 1. The van der Waals surface area contributed by atoms with E-state index in [1.165, 1.54) is 4.31 Å². The van der Waals surface area contributed by atoms with Crippen LogP contribution >= 0.6 is 0 Å². The van der Waals surface area contributed by atoms with Crippen LogP contribution in [0.2, 0.25) is 0 Å². The number of carbonyl (C=O) groups excluding carboxylic acids is 1. The standard InChI is InChI=1S/C29H34N2O4S/c1-21-10-11-22(2)27(20-21)35-19-7-17-29(3,4)28(32)30-24-12-14-25(15-13-24)36(33,34)31-18-16-23-8-5-6-9-26(23)31/h5-6,8-15,20H,7,16-19H2,1-4H3,(H,30,32). The van der Waals surface area contributed by atoms with Crippen molar-refractivity contribution in [3.8, 4) is 5.75 Å². The van der Waals surface area contributed by atoms with Crippen LogP contribution in [0.3, 0.4) is 0 Å². The van der Waals surface area contributed by atoms with Gasteiger partial charge in [0.15, 0.2) is 0 Å². The van der Waals surface area contributed by atoms with Gasteiger partial charge in [0.25, 0.3) is 10.0 Å². The Morgan fingerprint density at radius 1 is 1.03 bits per heavy atom. The predicted molar refractivity (Wildman–Crippen MR) is 144 cm³/mol. The van der Waals surface area contributed by atoms with Gasteiger partial charge in [-0.05, 0) is 86.2 Å². The largest absolute Gasteiger partial charge is 0.493 e. The molecule has 0 saturated carbocycles. The first kappa shape index (κ1) is 25.8. The molecule has 0 bridgehead atoms. The van der Waals surface area contributed by atoms with Crippen LogP contribution in [0.15, 0.2) is 71.6 Å². The molecule has 3 aromatic rings. The summed E-state index contributed by atoms with van der Waals surface area (Å²) < 4.78 is 33.8. The van der Waals surface area contributed by atoms with Crippen molar-refractivity contribution in [2.75, 3.05) is 22.8 Å². The van der Waals surface area contributed by atoms with Gasteiger partial charge in [-0.2, -0.15) is 0 Å². The van der Waals surface area contributed by atoms with E-state index in [-0.39, 0.29) is 10.8 Å². The zero-order valence-corrected chi connectivity index (χ0v) is 22.2. The van der Waals surface area contributed by atoms with Crippen molar-refractivity contribution in [3.05, 3.63) is 83.4 Å². The molecule has 4 rings (SSSR count). The molecule has 36 heavy (non-hydrogen) atoms. The number of rotatable bonds is 9. The lowest BCUT2D eigenvalue weighted by molar-refractivity contribution is -0.124. The van der Waals surface area contributed by atoms with Crippen LogP contribution in [-0.2, 0) is 21.2 Å². The van der Waals surface area contributed by atoms with Gasteiger partial charge in [-0.15, -0.1) is 0 Å². The van der Waals surface area contributed by atoms with Crippen LogP contribution in [0.1, 0.15) is 43.4 Å². The quantitative estimate of drug-likeness (QED) is 0.368. The Kier molecular flexibility index (Phi) is 7.41. The summed E-state index contributed by atoms with van der Waals surface area (Å²) in [7, 11) is -3.66. The fraction of sp³-hybridized carbons (Fsp3) is 0.345. The van der Waals surface area contributed by atoms with Crippen LogP contribution in [0.4, 0.5) is 11.4 Å². The average Bonchev–Trinajstić information content (AvgIpc) is 3.29. The molecule has 3 aromatic carbocycles. The van der Waals surface area contributed by atoms with Gasteiger partial charge < -0.3 is 10.1 Å². The number of hydrogen-bond donors (Lipinski definition) is 1. The van der Waals surface area contributed by atoms with Gasteiger partial charge in [0, 0.05) is 17.6 Å². The van der Waals surface area contributed by atoms with Crippen molar-refractivity contribution in [2.24, 2.45) is 5.41 Å². The Labute approximate surface area is 214 Å². The molecule has 0 spiro atoms. The number of nitrogens with one attached hydrogen (secondary N) is 1. The third kappa shape index (κ3) is 5.57. The number of sulfonamides is 1. The van der Waals surface area contributed by atoms with Gasteiger partial charge in [0.2, 0.25) is 5.91 Å². The lowest BCUT2D eigenvalue weighted by Gasteiger charge is -2.24. The molecule has 190 valence electrons. The van der Waals surface area contributed by atoms with Crippen LogP contribution in [0, 0.1) is 19.3 Å². The van der Waals surface area contributed by atoms with E-state index >= 15 is 0 Å². The molecule has 1 aliphatic heterocycles. The molecule has 0 aliphatic carbocycles. The highest BCUT2D eigenvalue weighted by Crippen LogP contribution is 2.33. The number of ether oxygens (including phenoxy) is 1. The number of benzene rings is 3. The van der Waals surface area contributed by atoms with Crippen LogP contribution in [0.25, 0.3) is 0 Å². The number of carbonyl (C=O) groups is 1. The smallest absolute Gasteiger partial charge is 0.264 e. The summed E-state index contributed by atoms with van der Waals surface area (Å²) in [4.78, 5) is 13.2. The third-order valence-electron chi connectivity index (χ3n) is 6.71. The molecular formula is C29H34N2O4S. The van der Waals surface area contributed by atoms with Crippen molar-refractivity contribution in [2.45, 2.75) is 51.9 Å². The van der Waals surface area contributed by atoms with E-state index in [1.54, 1.807) is 24.3 Å². The summed E-state index contributed by atoms with van der Waals surface area (Å²) in [5.74, 6) is 0.767. The van der Waals surface area contributed by atoms with Crippen molar-refractivity contribution in [1.29, 1.82) is 0 Å². The fourth-order valence-corrected chi connectivity index (χ4v) is 5.87. The fourth-order valence-electron chi connectivity index (χ4n) is 4.37. The second-order valence-electron chi connectivity index (χ2n) is 10.0. The molecule has 0 aromatic heterocycles. The maximum atomic E-state index is 13.2. The molecule has 0 fully saturated rings. The SMILES string of the molecule is Cc1ccc(C)c(OCCCC(C)(C)C(=O)Nc2ccc(S(=O)(=O)N3CCc4ccccc43)cc2)c1. The molecule has 6 nitrogen and oxygen atoms in total. The van der Waals surface area contributed by atoms with E-state index in [0.29, 0.717) is 31.7 Å². The number of anilines is 2. The van der Waals surface area contributed by atoms with Crippen molar-refractivity contribution < 1.29 is 17.9 Å². The van der Waals surface area contributed by atoms with E-state index in [4.69, 9.17) is 4.74 Å². The Bertz CT molecular complexity index is 1350. The predicted octanol–water partition coefficient (Wildman–Crippen LogP) is 5.88. The number of nitrogens with zero attached hydrogens (tertiary/aromatic N) is 1. The van der Waals surface area contributed by atoms with Gasteiger partial charge in [-0.1, -0.05) is 44.2 Å². The van der Waals surface area contributed by atoms with Gasteiger partial charge in [-0.3, -0.25) is 9.10 Å². The van der Waals surface area contributed by atoms with Crippen LogP contribution < -0.4 is 14.4 Å². The lowest BCUT2D eigenvalue weighted by atomic mass is 9.87. The second kappa shape index (κ2) is 10.3. The van der Waals surface area contributed by atoms with Crippen molar-refractivity contribution in [3.63, 3.8) is 0 Å². The van der Waals surface area contributed by atoms with Gasteiger partial charge in [0.05, 0.1) is 17.2 Å². The van der Waals surface area contributed by atoms with Gasteiger partial charge >= 0.3 is 0 Å². The van der Waals surface area contributed by atoms with E-state index in [9.17, 15) is 13.2 Å². The van der Waals surface area contributed by atoms with Gasteiger partial charge in [0.1, 0.15) is 5.75 Å². The average molecular weight is 507 g/mol. The first-order chi connectivity index (χ1) is 17.1. The van der Waals surface area contributed by atoms with E-state index < -0.39 is 15.4 Å². The monoisotopic (exact) mass is 506 g/mol. The highest BCUT2D eigenvalue weighted by Gasteiger charge is 2.31. The summed E-state index contributed by atoms with van der Waals surface area (Å²) in [5, 5.41) is 2.93. The zero-order valence-electron chi connectivity index (χ0n) is 21.4. The molecule has 0 unspecified atom stereocenters. The summed E-state index contributed by atoms with van der Waals surface area (Å²) in [5.41, 5.74) is 3.98.